The summed E-state index contributed by atoms with van der Waals surface area (Å²) < 4.78 is 2.56. The van der Waals surface area contributed by atoms with Gasteiger partial charge < -0.3 is 20.4 Å². The molecule has 1 aliphatic rings. The van der Waals surface area contributed by atoms with Crippen molar-refractivity contribution in [1.29, 1.82) is 0 Å². The number of imidazole rings is 1. The Bertz CT molecular complexity index is 1430. The number of hydrogen-bond acceptors (Lipinski definition) is 7. The van der Waals surface area contributed by atoms with Crippen LogP contribution in [0.1, 0.15) is 28.9 Å². The Kier molecular flexibility index (Phi) is 8.52. The van der Waals surface area contributed by atoms with Crippen molar-refractivity contribution in [2.75, 3.05) is 6.54 Å². The highest BCUT2D eigenvalue weighted by molar-refractivity contribution is 9.10. The number of amides is 1. The number of benzene rings is 1. The van der Waals surface area contributed by atoms with E-state index >= 15 is 0 Å². The molecule has 0 spiro atoms. The van der Waals surface area contributed by atoms with Crippen LogP contribution in [0.2, 0.25) is 0 Å². The van der Waals surface area contributed by atoms with Gasteiger partial charge in [-0.05, 0) is 52.9 Å². The highest BCUT2D eigenvalue weighted by Crippen LogP contribution is 2.23. The molecule has 0 radical (unpaired) electrons. The highest BCUT2D eigenvalue weighted by Gasteiger charge is 2.28. The van der Waals surface area contributed by atoms with E-state index in [1.54, 1.807) is 28.8 Å². The Balaban J connectivity index is 1.58. The molecule has 37 heavy (non-hydrogen) atoms. The van der Waals surface area contributed by atoms with Gasteiger partial charge in [-0.1, -0.05) is 30.3 Å². The standard InChI is InChI=1S/C27H24BrN5O4/c28-20-6-7-26-31-23(15-33(26)14-20)27(37)32-22(12-18-4-2-1-3-5-18)25(17-36)30-21(9-11-34)13-19-8-10-29-24(19)16-35/h1-7,9,14-15,19,21-22,29-30H,8,10,12-13H2,(H,32,37)/t19-,21+,22-/m0/s1. The molecule has 0 saturated carbocycles. The topological polar surface area (TPSA) is 122 Å². The molecule has 0 bridgehead atoms. The van der Waals surface area contributed by atoms with E-state index in [1.165, 1.54) is 6.08 Å². The number of halogens is 1. The monoisotopic (exact) mass is 561 g/mol. The van der Waals surface area contributed by atoms with Crippen LogP contribution in [0.5, 0.6) is 0 Å². The maximum Gasteiger partial charge on any atom is 0.272 e. The first-order valence-electron chi connectivity index (χ1n) is 11.7. The van der Waals surface area contributed by atoms with E-state index in [9.17, 15) is 19.2 Å². The van der Waals surface area contributed by atoms with Crippen molar-refractivity contribution < 1.29 is 19.2 Å². The number of fused-ring (bicyclic) bond motifs is 1. The number of carbonyl (C=O) groups is 1. The van der Waals surface area contributed by atoms with Crippen LogP contribution in [-0.4, -0.2) is 51.7 Å². The lowest BCUT2D eigenvalue weighted by Crippen LogP contribution is -2.45. The fourth-order valence-corrected chi connectivity index (χ4v) is 4.72. The first-order chi connectivity index (χ1) is 18.0. The van der Waals surface area contributed by atoms with Crippen molar-refractivity contribution in [2.24, 2.45) is 5.92 Å². The van der Waals surface area contributed by atoms with Crippen molar-refractivity contribution in [3.05, 3.63) is 88.1 Å². The quantitative estimate of drug-likeness (QED) is 0.324. The molecule has 188 valence electrons. The minimum absolute atomic E-state index is 0.0720. The molecule has 1 amide bonds. The van der Waals surface area contributed by atoms with Crippen molar-refractivity contribution in [3.8, 4) is 0 Å². The zero-order valence-corrected chi connectivity index (χ0v) is 21.3. The first kappa shape index (κ1) is 25.9. The highest BCUT2D eigenvalue weighted by atomic mass is 79.9. The molecule has 1 fully saturated rings. The van der Waals surface area contributed by atoms with Crippen molar-refractivity contribution in [3.63, 3.8) is 0 Å². The third-order valence-electron chi connectivity index (χ3n) is 6.17. The number of hydrogen-bond donors (Lipinski definition) is 3. The third kappa shape index (κ3) is 6.53. The Morgan fingerprint density at radius 1 is 1.16 bits per heavy atom. The summed E-state index contributed by atoms with van der Waals surface area (Å²) in [4.78, 5) is 52.2. The summed E-state index contributed by atoms with van der Waals surface area (Å²) in [6.45, 7) is 0.630. The summed E-state index contributed by atoms with van der Waals surface area (Å²) in [6, 6.07) is 11.6. The molecule has 4 rings (SSSR count). The second-order valence-corrected chi connectivity index (χ2v) is 9.59. The number of carbonyl (C=O) groups excluding carboxylic acids is 4. The van der Waals surface area contributed by atoms with Gasteiger partial charge in [0, 0.05) is 35.4 Å². The average molecular weight is 562 g/mol. The van der Waals surface area contributed by atoms with Crippen LogP contribution in [0.4, 0.5) is 0 Å². The number of aromatic nitrogens is 2. The number of allylic oxidation sites excluding steroid dienone is 1. The SMILES string of the molecule is O=C=C[C@H](C[C@@H]1CCNC1=C=O)NC(=C=O)[C@H](Cc1ccccc1)NC(=O)c1cn2cc(Br)ccc2n1. The third-order valence-corrected chi connectivity index (χ3v) is 6.64. The van der Waals surface area contributed by atoms with Crippen LogP contribution < -0.4 is 16.0 Å². The average Bonchev–Trinajstić information content (AvgIpc) is 3.53. The molecular weight excluding hydrogens is 538 g/mol. The minimum Gasteiger partial charge on any atom is -0.379 e. The van der Waals surface area contributed by atoms with Crippen LogP contribution in [0.25, 0.3) is 5.65 Å². The first-order valence-corrected chi connectivity index (χ1v) is 12.5. The van der Waals surface area contributed by atoms with Gasteiger partial charge in [-0.3, -0.25) is 4.79 Å². The zero-order chi connectivity index (χ0) is 26.2. The lowest BCUT2D eigenvalue weighted by atomic mass is 9.95. The summed E-state index contributed by atoms with van der Waals surface area (Å²) in [5.74, 6) is 4.97. The molecule has 3 atom stereocenters. The van der Waals surface area contributed by atoms with Crippen LogP contribution in [0.3, 0.4) is 0 Å². The van der Waals surface area contributed by atoms with Crippen LogP contribution in [0, 0.1) is 5.92 Å². The molecule has 10 heteroatoms. The molecule has 1 saturated heterocycles. The number of nitrogens with zero attached hydrogens (tertiary/aromatic N) is 2. The molecule has 3 N–H and O–H groups in total. The smallest absolute Gasteiger partial charge is 0.272 e. The summed E-state index contributed by atoms with van der Waals surface area (Å²) in [6.07, 6.45) is 6.01. The van der Waals surface area contributed by atoms with Gasteiger partial charge in [-0.15, -0.1) is 0 Å². The summed E-state index contributed by atoms with van der Waals surface area (Å²) >= 11 is 3.40. The second-order valence-electron chi connectivity index (χ2n) is 8.67. The molecule has 1 aromatic carbocycles. The van der Waals surface area contributed by atoms with Crippen LogP contribution in [0.15, 0.2) is 76.8 Å². The Labute approximate surface area is 221 Å². The van der Waals surface area contributed by atoms with Crippen LogP contribution >= 0.6 is 15.9 Å². The van der Waals surface area contributed by atoms with Crippen molar-refractivity contribution in [1.82, 2.24) is 25.3 Å². The summed E-state index contributed by atoms with van der Waals surface area (Å²) in [5.41, 5.74) is 2.18. The normalized spacial score (nSPS) is 16.0. The number of nitrogens with one attached hydrogen (secondary N) is 3. The summed E-state index contributed by atoms with van der Waals surface area (Å²) in [7, 11) is 0. The zero-order valence-electron chi connectivity index (χ0n) is 19.7. The molecule has 9 nitrogen and oxygen atoms in total. The summed E-state index contributed by atoms with van der Waals surface area (Å²) in [5, 5.41) is 8.92. The molecule has 0 unspecified atom stereocenters. The van der Waals surface area contributed by atoms with E-state index in [1.807, 2.05) is 48.3 Å². The van der Waals surface area contributed by atoms with E-state index in [0.29, 0.717) is 37.2 Å². The van der Waals surface area contributed by atoms with Gasteiger partial charge in [0.05, 0.1) is 17.8 Å². The van der Waals surface area contributed by atoms with Gasteiger partial charge in [0.15, 0.2) is 0 Å². The van der Waals surface area contributed by atoms with Crippen molar-refractivity contribution >= 4 is 45.3 Å². The number of pyridine rings is 1. The largest absolute Gasteiger partial charge is 0.379 e. The van der Waals surface area contributed by atoms with E-state index in [0.717, 1.165) is 10.0 Å². The van der Waals surface area contributed by atoms with Gasteiger partial charge >= 0.3 is 0 Å². The van der Waals surface area contributed by atoms with Crippen molar-refractivity contribution in [2.45, 2.75) is 31.3 Å². The van der Waals surface area contributed by atoms with Crippen LogP contribution in [-0.2, 0) is 20.8 Å². The molecule has 0 aliphatic carbocycles. The maximum atomic E-state index is 13.2. The van der Waals surface area contributed by atoms with Gasteiger partial charge in [0.25, 0.3) is 5.91 Å². The Morgan fingerprint density at radius 2 is 1.97 bits per heavy atom. The molecule has 2 aromatic heterocycles. The van der Waals surface area contributed by atoms with Gasteiger partial charge in [0.2, 0.25) is 0 Å². The van der Waals surface area contributed by atoms with E-state index in [2.05, 4.69) is 36.9 Å². The van der Waals surface area contributed by atoms with E-state index < -0.39 is 18.0 Å². The molecule has 3 heterocycles. The Morgan fingerprint density at radius 3 is 2.70 bits per heavy atom. The molecule has 1 aliphatic heterocycles. The van der Waals surface area contributed by atoms with Gasteiger partial charge in [-0.2, -0.15) is 0 Å². The van der Waals surface area contributed by atoms with E-state index in [4.69, 9.17) is 0 Å². The predicted molar refractivity (Wildman–Crippen MR) is 141 cm³/mol. The van der Waals surface area contributed by atoms with E-state index in [-0.39, 0.29) is 17.3 Å². The lowest BCUT2D eigenvalue weighted by molar-refractivity contribution is 0.0937. The second kappa shape index (κ2) is 12.2. The fraction of sp³-hybridized carbons (Fsp3) is 0.259. The maximum absolute atomic E-state index is 13.2. The Hall–Kier alpha value is -4.19. The predicted octanol–water partition coefficient (Wildman–Crippen LogP) is 2.21. The lowest BCUT2D eigenvalue weighted by Gasteiger charge is -2.25. The van der Waals surface area contributed by atoms with Gasteiger partial charge in [0.1, 0.15) is 34.9 Å². The van der Waals surface area contributed by atoms with Gasteiger partial charge in [-0.25, -0.2) is 19.4 Å². The molecular formula is C27H24BrN5O4. The minimum atomic E-state index is -0.783. The molecule has 3 aromatic rings. The number of rotatable bonds is 10. The fourth-order valence-electron chi connectivity index (χ4n) is 4.36.